The molecule has 2 aliphatic heterocycles. The minimum Gasteiger partial charge on any atom is -0.449 e. The molecule has 6 aromatic rings. The molecule has 0 saturated carbocycles. The summed E-state index contributed by atoms with van der Waals surface area (Å²) in [6.45, 7) is 2.17. The van der Waals surface area contributed by atoms with E-state index in [-0.39, 0.29) is 0 Å². The predicted molar refractivity (Wildman–Crippen MR) is 174 cm³/mol. The Labute approximate surface area is 246 Å². The molecule has 6 aromatic carbocycles. The lowest BCUT2D eigenvalue weighted by Gasteiger charge is -2.35. The fourth-order valence-corrected chi connectivity index (χ4v) is 6.06. The summed E-state index contributed by atoms with van der Waals surface area (Å²) in [4.78, 5) is 2.39. The number of rotatable bonds is 4. The van der Waals surface area contributed by atoms with Gasteiger partial charge in [0.25, 0.3) is 0 Å². The lowest BCUT2D eigenvalue weighted by molar-refractivity contribution is 0.360. The molecule has 2 aliphatic rings. The number of anilines is 5. The van der Waals surface area contributed by atoms with Crippen molar-refractivity contribution in [2.45, 2.75) is 6.92 Å². The average molecular weight is 542 g/mol. The first-order valence-electron chi connectivity index (χ1n) is 14.2. The van der Waals surface area contributed by atoms with Gasteiger partial charge in [0.1, 0.15) is 0 Å². The van der Waals surface area contributed by atoms with E-state index in [1.807, 2.05) is 42.5 Å². The van der Waals surface area contributed by atoms with E-state index in [1.54, 1.807) is 0 Å². The van der Waals surface area contributed by atoms with Crippen molar-refractivity contribution in [2.75, 3.05) is 10.2 Å². The van der Waals surface area contributed by atoms with Crippen LogP contribution in [0, 0.1) is 6.92 Å². The number of nitrogens with zero attached hydrogens (tertiary/aromatic N) is 1. The maximum Gasteiger partial charge on any atom is 0.198 e. The highest BCUT2D eigenvalue weighted by molar-refractivity contribution is 6.73. The minimum absolute atomic E-state index is 0.689. The summed E-state index contributed by atoms with van der Waals surface area (Å²) in [5.74, 6) is 2.82. The third-order valence-corrected chi connectivity index (χ3v) is 7.94. The standard InChI is InChI=1S/C37H27BN2O2/c1-24-20-28(37-32(21-24)40(26-14-6-3-7-15-26)31-17-9-8-16-29(31)38-37)27-22-35-36(42-34-19-11-10-18-33(34)41-35)23-30(27)39-25-12-4-2-5-13-25/h2-23,38-39H,1H3. The van der Waals surface area contributed by atoms with Crippen molar-refractivity contribution in [1.29, 1.82) is 0 Å². The summed E-state index contributed by atoms with van der Waals surface area (Å²) in [6, 6.07) is 46.2. The van der Waals surface area contributed by atoms with Gasteiger partial charge < -0.3 is 19.7 Å². The largest absolute Gasteiger partial charge is 0.449 e. The molecule has 0 aromatic heterocycles. The van der Waals surface area contributed by atoms with Crippen molar-refractivity contribution in [3.63, 3.8) is 0 Å². The molecule has 1 N–H and O–H groups in total. The van der Waals surface area contributed by atoms with Gasteiger partial charge in [-0.3, -0.25) is 0 Å². The van der Waals surface area contributed by atoms with Gasteiger partial charge in [-0.05, 0) is 78.1 Å². The molecule has 8 rings (SSSR count). The lowest BCUT2D eigenvalue weighted by atomic mass is 9.58. The van der Waals surface area contributed by atoms with Gasteiger partial charge in [0.15, 0.2) is 30.3 Å². The Morgan fingerprint density at radius 1 is 0.571 bits per heavy atom. The molecule has 0 amide bonds. The van der Waals surface area contributed by atoms with Crippen LogP contribution in [-0.2, 0) is 0 Å². The zero-order chi connectivity index (χ0) is 28.0. The van der Waals surface area contributed by atoms with E-state index in [4.69, 9.17) is 9.47 Å². The van der Waals surface area contributed by atoms with Crippen LogP contribution in [0.1, 0.15) is 5.56 Å². The highest BCUT2D eigenvalue weighted by Crippen LogP contribution is 2.49. The van der Waals surface area contributed by atoms with Gasteiger partial charge in [-0.25, -0.2) is 0 Å². The van der Waals surface area contributed by atoms with Crippen LogP contribution in [0.4, 0.5) is 28.4 Å². The van der Waals surface area contributed by atoms with Crippen LogP contribution in [0.15, 0.2) is 133 Å². The van der Waals surface area contributed by atoms with E-state index in [9.17, 15) is 0 Å². The molecule has 0 aliphatic carbocycles. The number of hydrogen-bond acceptors (Lipinski definition) is 4. The maximum absolute atomic E-state index is 6.40. The van der Waals surface area contributed by atoms with Gasteiger partial charge in [-0.2, -0.15) is 0 Å². The number of benzene rings is 6. The van der Waals surface area contributed by atoms with Crippen molar-refractivity contribution in [1.82, 2.24) is 0 Å². The fourth-order valence-electron chi connectivity index (χ4n) is 6.06. The second-order valence-corrected chi connectivity index (χ2v) is 10.8. The average Bonchev–Trinajstić information content (AvgIpc) is 3.03. The van der Waals surface area contributed by atoms with E-state index >= 15 is 0 Å². The number of nitrogens with one attached hydrogen (secondary N) is 1. The summed E-state index contributed by atoms with van der Waals surface area (Å²) in [7, 11) is 0.826. The van der Waals surface area contributed by atoms with Crippen molar-refractivity contribution in [3.8, 4) is 34.1 Å². The quantitative estimate of drug-likeness (QED) is 0.226. The minimum atomic E-state index is 0.689. The molecular formula is C37H27BN2O2. The smallest absolute Gasteiger partial charge is 0.198 e. The van der Waals surface area contributed by atoms with Crippen molar-refractivity contribution < 1.29 is 9.47 Å². The Bertz CT molecular complexity index is 1960. The van der Waals surface area contributed by atoms with Gasteiger partial charge >= 0.3 is 0 Å². The van der Waals surface area contributed by atoms with Crippen molar-refractivity contribution >= 4 is 46.6 Å². The number of aryl methyl sites for hydroxylation is 1. The van der Waals surface area contributed by atoms with Gasteiger partial charge in [-0.1, -0.05) is 78.3 Å². The summed E-state index contributed by atoms with van der Waals surface area (Å²) in [6.07, 6.45) is 0. The van der Waals surface area contributed by atoms with Gasteiger partial charge in [-0.15, -0.1) is 0 Å². The van der Waals surface area contributed by atoms with E-state index in [2.05, 4.69) is 108 Å². The zero-order valence-corrected chi connectivity index (χ0v) is 23.2. The van der Waals surface area contributed by atoms with E-state index in [0.29, 0.717) is 17.2 Å². The summed E-state index contributed by atoms with van der Waals surface area (Å²) in [5, 5.41) is 3.68. The molecule has 5 heteroatoms. The van der Waals surface area contributed by atoms with Crippen molar-refractivity contribution in [3.05, 3.63) is 139 Å². The first-order chi connectivity index (χ1) is 20.7. The predicted octanol–water partition coefficient (Wildman–Crippen LogP) is 8.47. The van der Waals surface area contributed by atoms with Gasteiger partial charge in [0, 0.05) is 34.4 Å². The topological polar surface area (TPSA) is 33.7 Å². The van der Waals surface area contributed by atoms with Crippen LogP contribution in [0.2, 0.25) is 0 Å². The number of ether oxygens (including phenoxy) is 2. The van der Waals surface area contributed by atoms with E-state index in [1.165, 1.54) is 33.4 Å². The first-order valence-corrected chi connectivity index (χ1v) is 14.2. The van der Waals surface area contributed by atoms with E-state index < -0.39 is 0 Å². The molecule has 4 nitrogen and oxygen atoms in total. The second kappa shape index (κ2) is 9.90. The molecule has 42 heavy (non-hydrogen) atoms. The maximum atomic E-state index is 6.40. The number of hydrogen-bond donors (Lipinski definition) is 1. The molecule has 2 heterocycles. The van der Waals surface area contributed by atoms with Gasteiger partial charge in [0.05, 0.1) is 5.69 Å². The van der Waals surface area contributed by atoms with Crippen LogP contribution in [0.25, 0.3) is 11.1 Å². The molecule has 0 unspecified atom stereocenters. The molecule has 0 saturated heterocycles. The summed E-state index contributed by atoms with van der Waals surface area (Å²) in [5.41, 5.74) is 11.5. The Morgan fingerprint density at radius 2 is 1.21 bits per heavy atom. The highest BCUT2D eigenvalue weighted by Gasteiger charge is 2.29. The third-order valence-electron chi connectivity index (χ3n) is 7.94. The molecule has 0 atom stereocenters. The Hall–Kier alpha value is -5.42. The van der Waals surface area contributed by atoms with Crippen LogP contribution < -0.4 is 30.6 Å². The zero-order valence-electron chi connectivity index (χ0n) is 23.2. The molecule has 0 bridgehead atoms. The fraction of sp³-hybridized carbons (Fsp3) is 0.0270. The van der Waals surface area contributed by atoms with Crippen LogP contribution in [0.3, 0.4) is 0 Å². The lowest BCUT2D eigenvalue weighted by Crippen LogP contribution is -2.41. The molecule has 0 radical (unpaired) electrons. The van der Waals surface area contributed by atoms with Crippen LogP contribution in [0.5, 0.6) is 23.0 Å². The Kier molecular flexibility index (Phi) is 5.75. The van der Waals surface area contributed by atoms with Crippen molar-refractivity contribution in [2.24, 2.45) is 0 Å². The second-order valence-electron chi connectivity index (χ2n) is 10.8. The van der Waals surface area contributed by atoms with Crippen LogP contribution in [-0.4, -0.2) is 7.28 Å². The first kappa shape index (κ1) is 24.4. The Balaban J connectivity index is 1.35. The summed E-state index contributed by atoms with van der Waals surface area (Å²) >= 11 is 0. The molecule has 200 valence electrons. The number of fused-ring (bicyclic) bond motifs is 4. The SMILES string of the molecule is Cc1cc(-c2cc3c(cc2Nc2ccccc2)Oc2ccccc2O3)c2c(c1)N(c1ccccc1)c1ccccc1B2. The van der Waals surface area contributed by atoms with Gasteiger partial charge in [0.2, 0.25) is 0 Å². The highest BCUT2D eigenvalue weighted by atomic mass is 16.6. The molecule has 0 spiro atoms. The Morgan fingerprint density at radius 3 is 1.98 bits per heavy atom. The third kappa shape index (κ3) is 4.18. The molecular weight excluding hydrogens is 515 g/mol. The number of para-hydroxylation sites is 5. The molecule has 0 fully saturated rings. The monoisotopic (exact) mass is 542 g/mol. The van der Waals surface area contributed by atoms with E-state index in [0.717, 1.165) is 35.7 Å². The van der Waals surface area contributed by atoms with Crippen LogP contribution >= 0.6 is 0 Å². The normalized spacial score (nSPS) is 12.5. The summed E-state index contributed by atoms with van der Waals surface area (Å²) < 4.78 is 12.7.